The Morgan fingerprint density at radius 2 is 2.17 bits per heavy atom. The Bertz CT molecular complexity index is 19.0. The summed E-state index contributed by atoms with van der Waals surface area (Å²) >= 11 is 0. The van der Waals surface area contributed by atoms with Crippen molar-refractivity contribution in [3.05, 3.63) is 0 Å². The maximum Gasteiger partial charge on any atom is 0.0559 e. The zero-order valence-electron chi connectivity index (χ0n) is 3.65. The predicted octanol–water partition coefficient (Wildman–Crippen LogP) is -0.480. The average Bonchev–Trinajstić information content (AvgIpc) is 1.41. The second kappa shape index (κ2) is 9.00. The number of rotatable bonds is 2. The van der Waals surface area contributed by atoms with Crippen molar-refractivity contribution in [1.29, 1.82) is 0 Å². The first-order valence-electron chi connectivity index (χ1n) is 1.46. The Balaban J connectivity index is 0. The molecule has 0 aliphatic heterocycles. The molecule has 0 saturated heterocycles. The van der Waals surface area contributed by atoms with Crippen LogP contribution < -0.4 is 11.2 Å². The summed E-state index contributed by atoms with van der Waals surface area (Å²) in [4.78, 5) is 0. The van der Waals surface area contributed by atoms with Crippen molar-refractivity contribution in [2.75, 3.05) is 13.2 Å². The molecule has 0 aliphatic rings. The molecule has 5 N–H and O–H groups in total. The quantitative estimate of drug-likeness (QED) is 0.420. The van der Waals surface area contributed by atoms with Gasteiger partial charge in [0.2, 0.25) is 0 Å². The van der Waals surface area contributed by atoms with Crippen LogP contribution in [0.3, 0.4) is 0 Å². The molecule has 1 atom stereocenters. The van der Waals surface area contributed by atoms with Crippen LogP contribution in [0.1, 0.15) is 0 Å². The molecular formula is C2H11N2OP. The Labute approximate surface area is 40.0 Å². The molecule has 0 aromatic carbocycles. The van der Waals surface area contributed by atoms with Gasteiger partial charge in [-0.1, -0.05) is 9.39 Å². The normalized spacial score (nSPS) is 7.00. The summed E-state index contributed by atoms with van der Waals surface area (Å²) in [7, 11) is 2.29. The van der Waals surface area contributed by atoms with Gasteiger partial charge in [0.05, 0.1) is 6.61 Å². The molecule has 0 heterocycles. The minimum atomic E-state index is 0. The van der Waals surface area contributed by atoms with E-state index < -0.39 is 0 Å². The van der Waals surface area contributed by atoms with Crippen molar-refractivity contribution in [1.82, 2.24) is 11.2 Å². The van der Waals surface area contributed by atoms with Gasteiger partial charge in [-0.25, -0.2) is 0 Å². The summed E-state index contributed by atoms with van der Waals surface area (Å²) < 4.78 is 0. The number of aliphatic hydroxyl groups excluding tert-OH is 1. The van der Waals surface area contributed by atoms with Crippen LogP contribution in [0.25, 0.3) is 0 Å². The van der Waals surface area contributed by atoms with E-state index in [4.69, 9.17) is 5.11 Å². The third-order valence-corrected chi connectivity index (χ3v) is 0.545. The number of nitrogens with one attached hydrogen (secondary N) is 1. The van der Waals surface area contributed by atoms with Crippen molar-refractivity contribution >= 4 is 9.39 Å². The molecule has 40 valence electrons. The molecular weight excluding hydrogens is 99.0 g/mol. The molecule has 6 heavy (non-hydrogen) atoms. The van der Waals surface area contributed by atoms with Gasteiger partial charge in [-0.3, -0.25) is 5.09 Å². The van der Waals surface area contributed by atoms with E-state index in [0.717, 1.165) is 0 Å². The Morgan fingerprint density at radius 1 is 1.67 bits per heavy atom. The lowest BCUT2D eigenvalue weighted by atomic mass is 10.8. The topological polar surface area (TPSA) is 67.3 Å². The van der Waals surface area contributed by atoms with E-state index in [1.807, 2.05) is 0 Å². The number of aliphatic hydroxyl groups is 1. The maximum absolute atomic E-state index is 7.99. The monoisotopic (exact) mass is 110 g/mol. The van der Waals surface area contributed by atoms with E-state index in [1.54, 1.807) is 0 Å². The minimum absolute atomic E-state index is 0. The SMILES string of the molecule is N.OCCNP. The van der Waals surface area contributed by atoms with Gasteiger partial charge in [-0.05, 0) is 0 Å². The third kappa shape index (κ3) is 8.85. The van der Waals surface area contributed by atoms with Gasteiger partial charge in [-0.15, -0.1) is 0 Å². The largest absolute Gasteiger partial charge is 0.395 e. The fourth-order valence-electron chi connectivity index (χ4n) is 0.0645. The smallest absolute Gasteiger partial charge is 0.0559 e. The molecule has 0 aromatic rings. The van der Waals surface area contributed by atoms with Crippen LogP contribution in [0.15, 0.2) is 0 Å². The van der Waals surface area contributed by atoms with Crippen LogP contribution in [-0.4, -0.2) is 18.3 Å². The van der Waals surface area contributed by atoms with Gasteiger partial charge in [0.25, 0.3) is 0 Å². The first-order valence-corrected chi connectivity index (χ1v) is 2.04. The van der Waals surface area contributed by atoms with Crippen LogP contribution in [0, 0.1) is 0 Å². The molecule has 0 aliphatic carbocycles. The van der Waals surface area contributed by atoms with Crippen LogP contribution in [0.2, 0.25) is 0 Å². The molecule has 0 saturated carbocycles. The number of hydrogen-bond acceptors (Lipinski definition) is 3. The van der Waals surface area contributed by atoms with E-state index in [0.29, 0.717) is 6.54 Å². The highest BCUT2D eigenvalue weighted by Gasteiger charge is 1.65. The lowest BCUT2D eigenvalue weighted by Crippen LogP contribution is -2.03. The number of hydrogen-bond donors (Lipinski definition) is 3. The van der Waals surface area contributed by atoms with Crippen molar-refractivity contribution in [2.45, 2.75) is 0 Å². The molecule has 4 heteroatoms. The van der Waals surface area contributed by atoms with Crippen molar-refractivity contribution in [3.8, 4) is 0 Å². The van der Waals surface area contributed by atoms with E-state index in [2.05, 4.69) is 14.5 Å². The van der Waals surface area contributed by atoms with Gasteiger partial charge in [-0.2, -0.15) is 0 Å². The van der Waals surface area contributed by atoms with Gasteiger partial charge in [0, 0.05) is 6.54 Å². The highest BCUT2D eigenvalue weighted by Crippen LogP contribution is 1.61. The molecule has 0 spiro atoms. The highest BCUT2D eigenvalue weighted by atomic mass is 31.0. The third-order valence-electron chi connectivity index (χ3n) is 0.256. The van der Waals surface area contributed by atoms with Crippen molar-refractivity contribution < 1.29 is 5.11 Å². The van der Waals surface area contributed by atoms with Crippen LogP contribution >= 0.6 is 9.39 Å². The predicted molar refractivity (Wildman–Crippen MR) is 29.8 cm³/mol. The van der Waals surface area contributed by atoms with Crippen LogP contribution in [-0.2, 0) is 0 Å². The molecule has 3 nitrogen and oxygen atoms in total. The van der Waals surface area contributed by atoms with Gasteiger partial charge in [0.15, 0.2) is 0 Å². The van der Waals surface area contributed by atoms with Crippen molar-refractivity contribution in [2.24, 2.45) is 0 Å². The molecule has 0 radical (unpaired) electrons. The first kappa shape index (κ1) is 9.58. The Hall–Kier alpha value is 0.310. The fraction of sp³-hybridized carbons (Fsp3) is 1.00. The second-order valence-electron chi connectivity index (χ2n) is 0.678. The van der Waals surface area contributed by atoms with E-state index in [1.165, 1.54) is 0 Å². The Kier molecular flexibility index (Phi) is 14.4. The lowest BCUT2D eigenvalue weighted by Gasteiger charge is -1.84. The van der Waals surface area contributed by atoms with Gasteiger partial charge in [0.1, 0.15) is 0 Å². The first-order chi connectivity index (χ1) is 2.41. The lowest BCUT2D eigenvalue weighted by molar-refractivity contribution is 0.302. The summed E-state index contributed by atoms with van der Waals surface area (Å²) in [5, 5.41) is 10.7. The summed E-state index contributed by atoms with van der Waals surface area (Å²) in [5.74, 6) is 0. The van der Waals surface area contributed by atoms with Crippen LogP contribution in [0.5, 0.6) is 0 Å². The molecule has 0 rings (SSSR count). The average molecular weight is 110 g/mol. The second-order valence-corrected chi connectivity index (χ2v) is 1.09. The van der Waals surface area contributed by atoms with E-state index in [9.17, 15) is 0 Å². The van der Waals surface area contributed by atoms with Crippen molar-refractivity contribution in [3.63, 3.8) is 0 Å². The molecule has 0 aromatic heterocycles. The summed E-state index contributed by atoms with van der Waals surface area (Å²) in [6.07, 6.45) is 0. The summed E-state index contributed by atoms with van der Waals surface area (Å²) in [6.45, 7) is 0.869. The zero-order chi connectivity index (χ0) is 4.12. The van der Waals surface area contributed by atoms with E-state index in [-0.39, 0.29) is 12.8 Å². The van der Waals surface area contributed by atoms with E-state index >= 15 is 0 Å². The molecule has 0 amide bonds. The summed E-state index contributed by atoms with van der Waals surface area (Å²) in [5.41, 5.74) is 0. The van der Waals surface area contributed by atoms with Gasteiger partial charge < -0.3 is 11.3 Å². The molecule has 0 bridgehead atoms. The van der Waals surface area contributed by atoms with Gasteiger partial charge >= 0.3 is 0 Å². The highest BCUT2D eigenvalue weighted by molar-refractivity contribution is 7.13. The van der Waals surface area contributed by atoms with Crippen LogP contribution in [0.4, 0.5) is 0 Å². The standard InChI is InChI=1S/C2H8NOP.H3N/c4-2-1-3-5;/h3-4H,1-2,5H2;1H3. The summed E-state index contributed by atoms with van der Waals surface area (Å²) in [6, 6.07) is 0. The maximum atomic E-state index is 7.99. The minimum Gasteiger partial charge on any atom is -0.395 e. The molecule has 1 unspecified atom stereocenters. The zero-order valence-corrected chi connectivity index (χ0v) is 4.80. The fourth-order valence-corrected chi connectivity index (χ4v) is 0.194. The molecule has 0 fully saturated rings. The Morgan fingerprint density at radius 3 is 2.17 bits per heavy atom.